The first-order valence-electron chi connectivity index (χ1n) is 21.6. The maximum absolute atomic E-state index is 15.6. The van der Waals surface area contributed by atoms with Crippen LogP contribution in [0.5, 0.6) is 5.75 Å². The van der Waals surface area contributed by atoms with Crippen molar-refractivity contribution in [3.63, 3.8) is 0 Å². The van der Waals surface area contributed by atoms with Gasteiger partial charge in [0.2, 0.25) is 17.7 Å². The van der Waals surface area contributed by atoms with Gasteiger partial charge in [-0.05, 0) is 74.8 Å². The second-order valence-electron chi connectivity index (χ2n) is 16.3. The fourth-order valence-electron chi connectivity index (χ4n) is 7.99. The van der Waals surface area contributed by atoms with Crippen LogP contribution in [0.25, 0.3) is 22.3 Å². The van der Waals surface area contributed by atoms with Crippen molar-refractivity contribution in [1.29, 1.82) is 0 Å². The van der Waals surface area contributed by atoms with Gasteiger partial charge in [-0.1, -0.05) is 58.0 Å². The fraction of sp³-hybridized carbons (Fsp3) is 0.457. The minimum atomic E-state index is -1.98. The molecule has 17 nitrogen and oxygen atoms in total. The molecule has 0 unspecified atom stereocenters. The van der Waals surface area contributed by atoms with Crippen molar-refractivity contribution in [2.24, 2.45) is 11.7 Å². The van der Waals surface area contributed by atoms with Crippen molar-refractivity contribution in [3.05, 3.63) is 92.5 Å². The molecule has 0 bridgehead atoms. The molecule has 0 saturated carbocycles. The smallest absolute Gasteiger partial charge is 0.408 e. The molecule has 2 aliphatic heterocycles. The molecule has 0 spiro atoms. The van der Waals surface area contributed by atoms with Crippen LogP contribution in [0.15, 0.2) is 53.3 Å². The zero-order valence-electron chi connectivity index (χ0n) is 36.7. The van der Waals surface area contributed by atoms with Crippen LogP contribution in [-0.4, -0.2) is 82.3 Å². The van der Waals surface area contributed by atoms with E-state index in [2.05, 4.69) is 21.3 Å². The first-order chi connectivity index (χ1) is 30.6. The van der Waals surface area contributed by atoms with Crippen LogP contribution in [-0.2, 0) is 60.4 Å². The summed E-state index contributed by atoms with van der Waals surface area (Å²) in [5.41, 5.74) is 7.17. The second-order valence-corrected chi connectivity index (χ2v) is 16.3. The number of alkyl carbamates (subject to hydrolysis) is 1. The molecule has 342 valence electrons. The number of hydrogen-bond donors (Lipinski definition) is 6. The van der Waals surface area contributed by atoms with Crippen LogP contribution in [0.3, 0.4) is 0 Å². The number of benzene rings is 2. The summed E-state index contributed by atoms with van der Waals surface area (Å²) < 4.78 is 33.3. The van der Waals surface area contributed by atoms with Gasteiger partial charge in [0.05, 0.1) is 35.6 Å². The molecule has 4 aromatic rings. The number of halogens is 1. The molecule has 2 aromatic heterocycles. The van der Waals surface area contributed by atoms with Crippen molar-refractivity contribution in [3.8, 4) is 17.1 Å². The normalized spacial score (nSPS) is 16.4. The predicted octanol–water partition coefficient (Wildman–Crippen LogP) is 3.35. The van der Waals surface area contributed by atoms with Gasteiger partial charge < -0.3 is 50.9 Å². The number of nitrogens with zero attached hydrogens (tertiary/aromatic N) is 2. The Hall–Kier alpha value is -6.40. The van der Waals surface area contributed by atoms with Crippen LogP contribution in [0.4, 0.5) is 9.18 Å². The van der Waals surface area contributed by atoms with E-state index in [1.807, 2.05) is 25.1 Å². The van der Waals surface area contributed by atoms with Crippen molar-refractivity contribution in [1.82, 2.24) is 30.8 Å². The zero-order valence-corrected chi connectivity index (χ0v) is 36.7. The van der Waals surface area contributed by atoms with Crippen molar-refractivity contribution < 1.29 is 47.7 Å². The molecular weight excluding hydrogens is 830 g/mol. The van der Waals surface area contributed by atoms with Gasteiger partial charge in [-0.15, -0.1) is 0 Å². The lowest BCUT2D eigenvalue weighted by atomic mass is 9.86. The van der Waals surface area contributed by atoms with E-state index in [0.717, 1.165) is 16.7 Å². The lowest BCUT2D eigenvalue weighted by Crippen LogP contribution is -2.57. The van der Waals surface area contributed by atoms with Gasteiger partial charge in [0, 0.05) is 22.6 Å². The van der Waals surface area contributed by atoms with E-state index >= 15 is 4.39 Å². The van der Waals surface area contributed by atoms with Crippen LogP contribution >= 0.6 is 0 Å². The molecule has 18 heteroatoms. The summed E-state index contributed by atoms with van der Waals surface area (Å²) in [6.45, 7) is 8.65. The Balaban J connectivity index is 1.06. The molecule has 6 rings (SSSR count). The fourth-order valence-corrected chi connectivity index (χ4v) is 7.99. The highest BCUT2D eigenvalue weighted by atomic mass is 19.1. The number of rotatable bonds is 19. The highest BCUT2D eigenvalue weighted by Crippen LogP contribution is 2.41. The number of aliphatic hydroxyl groups is 1. The minimum Gasteiger partial charge on any atom is -0.489 e. The van der Waals surface area contributed by atoms with E-state index in [0.29, 0.717) is 48.1 Å². The van der Waals surface area contributed by atoms with Crippen molar-refractivity contribution >= 4 is 40.7 Å². The molecule has 0 fully saturated rings. The number of hydrogen-bond acceptors (Lipinski definition) is 12. The van der Waals surface area contributed by atoms with Crippen molar-refractivity contribution in [2.45, 2.75) is 110 Å². The lowest BCUT2D eigenvalue weighted by Gasteiger charge is -2.31. The number of nitrogens with one attached hydrogen (secondary N) is 4. The Morgan fingerprint density at radius 2 is 1.73 bits per heavy atom. The van der Waals surface area contributed by atoms with Crippen molar-refractivity contribution in [2.75, 3.05) is 19.7 Å². The molecule has 2 aromatic carbocycles. The third-order valence-electron chi connectivity index (χ3n) is 11.6. The van der Waals surface area contributed by atoms with E-state index < -0.39 is 70.8 Å². The number of unbranched alkanes of at least 4 members (excludes halogenated alkanes) is 1. The van der Waals surface area contributed by atoms with Gasteiger partial charge in [-0.3, -0.25) is 19.2 Å². The Bertz CT molecular complexity index is 2480. The maximum Gasteiger partial charge on any atom is 0.408 e. The first-order valence-corrected chi connectivity index (χ1v) is 21.6. The van der Waals surface area contributed by atoms with Gasteiger partial charge in [0.15, 0.2) is 17.2 Å². The number of ether oxygens (including phenoxy) is 3. The van der Waals surface area contributed by atoms with E-state index in [-0.39, 0.29) is 62.6 Å². The maximum atomic E-state index is 15.6. The molecule has 7 N–H and O–H groups in total. The molecule has 0 aliphatic carbocycles. The largest absolute Gasteiger partial charge is 0.489 e. The topological polar surface area (TPSA) is 242 Å². The number of amides is 4. The van der Waals surface area contributed by atoms with E-state index in [1.54, 1.807) is 39.0 Å². The summed E-state index contributed by atoms with van der Waals surface area (Å²) in [6.07, 6.45) is 1.12. The Kier molecular flexibility index (Phi) is 15.0. The SMILES string of the molecule is CCc1c2c(nc3cc(F)c(OCCNC(=O)[C@H](C)NC(=O)[C@@H](NC(=O)[C@H](CCCCN)NC(=O)OCc4ccccc4)C(C)C)cc13)-c1cc3c(c(=O)n1C2)COC(=O)[C@]3(O)CC. The highest BCUT2D eigenvalue weighted by molar-refractivity contribution is 5.94. The second kappa shape index (κ2) is 20.4. The molecule has 4 heterocycles. The number of pyridine rings is 2. The summed E-state index contributed by atoms with van der Waals surface area (Å²) in [4.78, 5) is 83.6. The summed E-state index contributed by atoms with van der Waals surface area (Å²) >= 11 is 0. The summed E-state index contributed by atoms with van der Waals surface area (Å²) in [7, 11) is 0. The minimum absolute atomic E-state index is 0.00164. The average molecular weight is 886 g/mol. The number of cyclic esters (lactones) is 1. The summed E-state index contributed by atoms with van der Waals surface area (Å²) in [5.74, 6) is -3.76. The number of carbonyl (C=O) groups excluding carboxylic acids is 5. The quantitative estimate of drug-likeness (QED) is 0.0517. The van der Waals surface area contributed by atoms with Gasteiger partial charge in [-0.25, -0.2) is 19.0 Å². The molecule has 64 heavy (non-hydrogen) atoms. The van der Waals surface area contributed by atoms with Gasteiger partial charge in [0.1, 0.15) is 37.9 Å². The lowest BCUT2D eigenvalue weighted by molar-refractivity contribution is -0.172. The van der Waals surface area contributed by atoms with Crippen LogP contribution in [0, 0.1) is 11.7 Å². The Labute approximate surface area is 369 Å². The molecular formula is C46H56FN7O10. The summed E-state index contributed by atoms with van der Waals surface area (Å²) in [5, 5.41) is 22.4. The Morgan fingerprint density at radius 1 is 0.984 bits per heavy atom. The molecule has 4 atom stereocenters. The van der Waals surface area contributed by atoms with Gasteiger partial charge in [0.25, 0.3) is 5.56 Å². The van der Waals surface area contributed by atoms with Gasteiger partial charge in [-0.2, -0.15) is 0 Å². The molecule has 2 aliphatic rings. The molecule has 0 saturated heterocycles. The third-order valence-corrected chi connectivity index (χ3v) is 11.6. The summed E-state index contributed by atoms with van der Waals surface area (Å²) in [6, 6.07) is 10.4. The number of aromatic nitrogens is 2. The van der Waals surface area contributed by atoms with E-state index in [1.165, 1.54) is 23.6 Å². The number of aryl methyl sites for hydroxylation is 1. The van der Waals surface area contributed by atoms with Gasteiger partial charge >= 0.3 is 12.1 Å². The van der Waals surface area contributed by atoms with Crippen LogP contribution < -0.4 is 37.3 Å². The van der Waals surface area contributed by atoms with Crippen LogP contribution in [0.1, 0.15) is 88.1 Å². The van der Waals surface area contributed by atoms with Crippen LogP contribution in [0.2, 0.25) is 0 Å². The monoisotopic (exact) mass is 885 g/mol. The standard InChI is InChI=1S/C46H56FN7O10/c1-6-28-29-19-37(33(47)21-35(29)51-39-30(28)22-54-36(39)20-32-31(43(54)58)24-63-44(59)46(32,61)7-2)62-18-17-49-40(55)26(5)50-42(57)38(25(3)4)53-41(56)34(15-11-12-16-48)52-45(60)64-23-27-13-9-8-10-14-27/h8-10,13-14,19-21,25-26,34,38,61H,6-7,11-12,15-18,22-24,48H2,1-5H3,(H,49,55)(H,50,57)(H,52,60)(H,53,56)/t26-,34-,38-,46-/m0/s1. The zero-order chi connectivity index (χ0) is 46.3. The highest BCUT2D eigenvalue weighted by Gasteiger charge is 2.45. The van der Waals surface area contributed by atoms with E-state index in [9.17, 15) is 33.9 Å². The molecule has 4 amide bonds. The number of esters is 1. The van der Waals surface area contributed by atoms with E-state index in [4.69, 9.17) is 24.9 Å². The predicted molar refractivity (Wildman–Crippen MR) is 233 cm³/mol. The average Bonchev–Trinajstić information content (AvgIpc) is 3.64. The number of carbonyl (C=O) groups is 5. The Morgan fingerprint density at radius 3 is 2.42 bits per heavy atom. The number of nitrogens with two attached hydrogens (primary N) is 1. The molecule has 0 radical (unpaired) electrons. The number of fused-ring (bicyclic) bond motifs is 5. The third kappa shape index (κ3) is 10.0. The first kappa shape index (κ1) is 47.1.